The van der Waals surface area contributed by atoms with E-state index in [-0.39, 0.29) is 5.54 Å². The molecular formula is C15H29N. The Bertz CT molecular complexity index is 228. The smallest absolute Gasteiger partial charge is 0.0183 e. The first-order chi connectivity index (χ1) is 7.51. The van der Waals surface area contributed by atoms with Crippen LogP contribution in [0.25, 0.3) is 0 Å². The van der Waals surface area contributed by atoms with Gasteiger partial charge in [-0.25, -0.2) is 0 Å². The lowest BCUT2D eigenvalue weighted by molar-refractivity contribution is 0.0928. The molecule has 16 heavy (non-hydrogen) atoms. The van der Waals surface area contributed by atoms with E-state index in [4.69, 9.17) is 5.73 Å². The molecule has 2 aliphatic carbocycles. The van der Waals surface area contributed by atoms with Crippen molar-refractivity contribution < 1.29 is 0 Å². The second-order valence-electron chi connectivity index (χ2n) is 6.88. The molecule has 3 unspecified atom stereocenters. The van der Waals surface area contributed by atoms with E-state index < -0.39 is 0 Å². The average molecular weight is 223 g/mol. The van der Waals surface area contributed by atoms with E-state index in [1.165, 1.54) is 44.9 Å². The topological polar surface area (TPSA) is 26.0 Å². The summed E-state index contributed by atoms with van der Waals surface area (Å²) in [6.07, 6.45) is 9.44. The highest BCUT2D eigenvalue weighted by molar-refractivity contribution is 4.97. The van der Waals surface area contributed by atoms with Gasteiger partial charge in [0.2, 0.25) is 0 Å². The van der Waals surface area contributed by atoms with Gasteiger partial charge in [-0.3, -0.25) is 0 Å². The zero-order valence-electron chi connectivity index (χ0n) is 11.3. The van der Waals surface area contributed by atoms with Crippen LogP contribution in [0.4, 0.5) is 0 Å². The Morgan fingerprint density at radius 2 is 1.50 bits per heavy atom. The van der Waals surface area contributed by atoms with Crippen molar-refractivity contribution in [2.75, 3.05) is 0 Å². The van der Waals surface area contributed by atoms with E-state index in [0.29, 0.717) is 0 Å². The number of nitrogens with two attached hydrogens (primary N) is 1. The molecule has 2 rings (SSSR count). The monoisotopic (exact) mass is 223 g/mol. The lowest BCUT2D eigenvalue weighted by Crippen LogP contribution is -2.51. The molecule has 2 aliphatic rings. The highest BCUT2D eigenvalue weighted by atomic mass is 14.8. The van der Waals surface area contributed by atoms with E-state index in [1.54, 1.807) is 0 Å². The molecule has 0 heterocycles. The van der Waals surface area contributed by atoms with Crippen molar-refractivity contribution in [2.24, 2.45) is 29.4 Å². The Morgan fingerprint density at radius 1 is 0.875 bits per heavy atom. The summed E-state index contributed by atoms with van der Waals surface area (Å²) < 4.78 is 0. The van der Waals surface area contributed by atoms with Crippen LogP contribution < -0.4 is 5.73 Å². The van der Waals surface area contributed by atoms with Gasteiger partial charge in [-0.1, -0.05) is 27.2 Å². The molecule has 3 atom stereocenters. The normalized spacial score (nSPS) is 50.2. The second kappa shape index (κ2) is 4.68. The van der Waals surface area contributed by atoms with Crippen LogP contribution >= 0.6 is 0 Å². The number of hydrogen-bond acceptors (Lipinski definition) is 1. The fourth-order valence-electron chi connectivity index (χ4n) is 3.78. The molecule has 2 saturated carbocycles. The lowest BCUT2D eigenvalue weighted by Gasteiger charge is -2.46. The highest BCUT2D eigenvalue weighted by Crippen LogP contribution is 2.44. The molecule has 0 aromatic heterocycles. The second-order valence-corrected chi connectivity index (χ2v) is 6.88. The molecule has 1 heteroatoms. The fraction of sp³-hybridized carbons (Fsp3) is 1.00. The maximum atomic E-state index is 6.70. The van der Waals surface area contributed by atoms with Crippen molar-refractivity contribution in [2.45, 2.75) is 71.3 Å². The van der Waals surface area contributed by atoms with Crippen LogP contribution in [0.1, 0.15) is 65.7 Å². The zero-order valence-corrected chi connectivity index (χ0v) is 11.3. The van der Waals surface area contributed by atoms with Gasteiger partial charge >= 0.3 is 0 Å². The lowest BCUT2D eigenvalue weighted by atomic mass is 9.63. The Kier molecular flexibility index (Phi) is 3.63. The van der Waals surface area contributed by atoms with Crippen molar-refractivity contribution in [3.05, 3.63) is 0 Å². The van der Waals surface area contributed by atoms with Gasteiger partial charge < -0.3 is 5.73 Å². The van der Waals surface area contributed by atoms with E-state index in [2.05, 4.69) is 20.8 Å². The van der Waals surface area contributed by atoms with Crippen molar-refractivity contribution in [3.8, 4) is 0 Å². The van der Waals surface area contributed by atoms with Gasteiger partial charge in [0.05, 0.1) is 0 Å². The third-order valence-corrected chi connectivity index (χ3v) is 5.62. The largest absolute Gasteiger partial charge is 0.325 e. The molecule has 0 bridgehead atoms. The van der Waals surface area contributed by atoms with Crippen LogP contribution in [0.3, 0.4) is 0 Å². The molecule has 0 aromatic carbocycles. The van der Waals surface area contributed by atoms with E-state index in [9.17, 15) is 0 Å². The first-order valence-electron chi connectivity index (χ1n) is 7.30. The molecule has 0 amide bonds. The molecule has 2 N–H and O–H groups in total. The Hall–Kier alpha value is -0.0400. The molecule has 0 aliphatic heterocycles. The summed E-state index contributed by atoms with van der Waals surface area (Å²) in [7, 11) is 0. The minimum atomic E-state index is 0.195. The maximum Gasteiger partial charge on any atom is 0.0183 e. The molecular weight excluding hydrogens is 194 g/mol. The molecule has 0 aromatic rings. The van der Waals surface area contributed by atoms with Crippen molar-refractivity contribution in [1.29, 1.82) is 0 Å². The van der Waals surface area contributed by atoms with Crippen molar-refractivity contribution in [3.63, 3.8) is 0 Å². The number of rotatable bonds is 1. The van der Waals surface area contributed by atoms with Gasteiger partial charge in [-0.2, -0.15) is 0 Å². The standard InChI is InChI=1S/C15H29N/c1-11-6-8-15(16,9-7-11)14-5-4-12(2)13(3)10-14/h11-14H,4-10,16H2,1-3H3. The Balaban J connectivity index is 1.96. The summed E-state index contributed by atoms with van der Waals surface area (Å²) in [5.74, 6) is 3.53. The van der Waals surface area contributed by atoms with Crippen LogP contribution in [0, 0.1) is 23.7 Å². The predicted molar refractivity (Wildman–Crippen MR) is 70.2 cm³/mol. The molecule has 1 nitrogen and oxygen atoms in total. The van der Waals surface area contributed by atoms with Crippen LogP contribution in [0.15, 0.2) is 0 Å². The van der Waals surface area contributed by atoms with E-state index in [1.807, 2.05) is 0 Å². The van der Waals surface area contributed by atoms with Crippen molar-refractivity contribution in [1.82, 2.24) is 0 Å². The predicted octanol–water partition coefficient (Wildman–Crippen LogP) is 3.97. The number of hydrogen-bond donors (Lipinski definition) is 1. The van der Waals surface area contributed by atoms with Crippen LogP contribution in [-0.2, 0) is 0 Å². The van der Waals surface area contributed by atoms with E-state index >= 15 is 0 Å². The van der Waals surface area contributed by atoms with Gasteiger partial charge in [0, 0.05) is 5.54 Å². The van der Waals surface area contributed by atoms with Crippen molar-refractivity contribution >= 4 is 0 Å². The first-order valence-corrected chi connectivity index (χ1v) is 7.30. The van der Waals surface area contributed by atoms with Gasteiger partial charge in [-0.05, 0) is 62.2 Å². The third kappa shape index (κ3) is 2.45. The van der Waals surface area contributed by atoms with Crippen LogP contribution in [0.2, 0.25) is 0 Å². The van der Waals surface area contributed by atoms with Gasteiger partial charge in [-0.15, -0.1) is 0 Å². The Labute approximate surface area is 101 Å². The van der Waals surface area contributed by atoms with Crippen LogP contribution in [-0.4, -0.2) is 5.54 Å². The SMILES string of the molecule is CC1CCC(N)(C2CCC(C)C(C)C2)CC1. The maximum absolute atomic E-state index is 6.70. The summed E-state index contributed by atoms with van der Waals surface area (Å²) in [6.45, 7) is 7.21. The average Bonchev–Trinajstić information content (AvgIpc) is 2.26. The summed E-state index contributed by atoms with van der Waals surface area (Å²) >= 11 is 0. The Morgan fingerprint density at radius 3 is 2.06 bits per heavy atom. The minimum Gasteiger partial charge on any atom is -0.325 e. The highest BCUT2D eigenvalue weighted by Gasteiger charge is 2.40. The minimum absolute atomic E-state index is 0.195. The summed E-state index contributed by atoms with van der Waals surface area (Å²) in [4.78, 5) is 0. The summed E-state index contributed by atoms with van der Waals surface area (Å²) in [5, 5.41) is 0. The third-order valence-electron chi connectivity index (χ3n) is 5.62. The molecule has 94 valence electrons. The molecule has 0 saturated heterocycles. The van der Waals surface area contributed by atoms with Crippen LogP contribution in [0.5, 0.6) is 0 Å². The van der Waals surface area contributed by atoms with Gasteiger partial charge in [0.25, 0.3) is 0 Å². The summed E-state index contributed by atoms with van der Waals surface area (Å²) in [5.41, 5.74) is 6.90. The fourth-order valence-corrected chi connectivity index (χ4v) is 3.78. The molecule has 0 spiro atoms. The van der Waals surface area contributed by atoms with E-state index in [0.717, 1.165) is 23.7 Å². The summed E-state index contributed by atoms with van der Waals surface area (Å²) in [6, 6.07) is 0. The first kappa shape index (κ1) is 12.4. The zero-order chi connectivity index (χ0) is 11.8. The molecule has 0 radical (unpaired) electrons. The van der Waals surface area contributed by atoms with Gasteiger partial charge in [0.15, 0.2) is 0 Å². The molecule has 2 fully saturated rings. The van der Waals surface area contributed by atoms with Gasteiger partial charge in [0.1, 0.15) is 0 Å². The quantitative estimate of drug-likeness (QED) is 0.715.